The van der Waals surface area contributed by atoms with Crippen LogP contribution >= 0.6 is 0 Å². The first kappa shape index (κ1) is 20.4. The van der Waals surface area contributed by atoms with Crippen molar-refractivity contribution in [1.29, 1.82) is 0 Å². The third kappa shape index (κ3) is 7.29. The second-order valence-corrected chi connectivity index (χ2v) is 7.10. The zero-order valence-corrected chi connectivity index (χ0v) is 15.2. The van der Waals surface area contributed by atoms with Crippen molar-refractivity contribution in [3.05, 3.63) is 24.3 Å². The van der Waals surface area contributed by atoms with Crippen LogP contribution < -0.4 is 14.8 Å². The predicted molar refractivity (Wildman–Crippen MR) is 91.5 cm³/mol. The second kappa shape index (κ2) is 10.3. The molecule has 0 aliphatic heterocycles. The van der Waals surface area contributed by atoms with E-state index >= 15 is 0 Å². The molecule has 0 unspecified atom stereocenters. The van der Waals surface area contributed by atoms with Crippen LogP contribution in [0.5, 0.6) is 5.75 Å². The predicted octanol–water partition coefficient (Wildman–Crippen LogP) is 1.29. The number of amides is 1. The maximum Gasteiger partial charge on any atom is 0.257 e. The Morgan fingerprint density at radius 3 is 2.50 bits per heavy atom. The van der Waals surface area contributed by atoms with Crippen molar-refractivity contribution < 1.29 is 22.7 Å². The first-order valence-corrected chi connectivity index (χ1v) is 9.38. The van der Waals surface area contributed by atoms with Crippen LogP contribution in [0.15, 0.2) is 29.2 Å². The molecule has 0 aliphatic carbocycles. The van der Waals surface area contributed by atoms with Gasteiger partial charge in [-0.1, -0.05) is 6.92 Å². The fraction of sp³-hybridized carbons (Fsp3) is 0.562. The molecule has 0 saturated carbocycles. The molecule has 7 nitrogen and oxygen atoms in total. The Morgan fingerprint density at radius 1 is 1.25 bits per heavy atom. The van der Waals surface area contributed by atoms with E-state index in [1.54, 1.807) is 14.0 Å². The van der Waals surface area contributed by atoms with E-state index in [2.05, 4.69) is 10.0 Å². The molecule has 0 radical (unpaired) electrons. The maximum atomic E-state index is 12.1. The quantitative estimate of drug-likeness (QED) is 0.582. The summed E-state index contributed by atoms with van der Waals surface area (Å²) in [6, 6.07) is 5.84. The fourth-order valence-electron chi connectivity index (χ4n) is 1.78. The first-order valence-electron chi connectivity index (χ1n) is 7.90. The number of sulfonamides is 1. The van der Waals surface area contributed by atoms with Gasteiger partial charge in [0.2, 0.25) is 10.0 Å². The van der Waals surface area contributed by atoms with Gasteiger partial charge in [0.15, 0.2) is 6.61 Å². The summed E-state index contributed by atoms with van der Waals surface area (Å²) in [5.41, 5.74) is 0. The highest BCUT2D eigenvalue weighted by atomic mass is 32.2. The molecule has 1 amide bonds. The molecule has 0 aliphatic rings. The van der Waals surface area contributed by atoms with E-state index in [0.717, 1.165) is 6.42 Å². The zero-order valence-electron chi connectivity index (χ0n) is 14.4. The number of carbonyl (C=O) groups is 1. The van der Waals surface area contributed by atoms with Gasteiger partial charge in [-0.3, -0.25) is 4.79 Å². The van der Waals surface area contributed by atoms with E-state index in [-0.39, 0.29) is 23.5 Å². The van der Waals surface area contributed by atoms with Crippen LogP contribution in [-0.4, -0.2) is 47.2 Å². The molecule has 8 heteroatoms. The Labute approximate surface area is 143 Å². The summed E-state index contributed by atoms with van der Waals surface area (Å²) in [6.07, 6.45) is 1.44. The molecule has 1 atom stereocenters. The molecular weight excluding hydrogens is 332 g/mol. The first-order chi connectivity index (χ1) is 11.4. The van der Waals surface area contributed by atoms with E-state index in [4.69, 9.17) is 9.47 Å². The minimum atomic E-state index is -3.53. The van der Waals surface area contributed by atoms with Gasteiger partial charge in [0.25, 0.3) is 5.91 Å². The number of ether oxygens (including phenoxy) is 2. The van der Waals surface area contributed by atoms with E-state index < -0.39 is 10.0 Å². The van der Waals surface area contributed by atoms with Crippen molar-refractivity contribution in [2.24, 2.45) is 0 Å². The number of hydrogen-bond acceptors (Lipinski definition) is 5. The number of benzene rings is 1. The molecule has 2 N–H and O–H groups in total. The normalized spacial score (nSPS) is 12.6. The van der Waals surface area contributed by atoms with Crippen molar-refractivity contribution in [3.8, 4) is 5.75 Å². The van der Waals surface area contributed by atoms with Crippen LogP contribution in [0.3, 0.4) is 0 Å². The Hall–Kier alpha value is -1.64. The Balaban J connectivity index is 2.49. The van der Waals surface area contributed by atoms with Crippen molar-refractivity contribution in [2.45, 2.75) is 37.6 Å². The average molecular weight is 358 g/mol. The van der Waals surface area contributed by atoms with Gasteiger partial charge in [0.1, 0.15) is 5.75 Å². The van der Waals surface area contributed by atoms with Gasteiger partial charge < -0.3 is 14.8 Å². The van der Waals surface area contributed by atoms with E-state index in [0.29, 0.717) is 25.3 Å². The van der Waals surface area contributed by atoms with Crippen molar-refractivity contribution >= 4 is 15.9 Å². The van der Waals surface area contributed by atoms with E-state index in [1.165, 1.54) is 24.3 Å². The smallest absolute Gasteiger partial charge is 0.257 e. The van der Waals surface area contributed by atoms with Gasteiger partial charge in [-0.15, -0.1) is 0 Å². The number of hydrogen-bond donors (Lipinski definition) is 2. The molecule has 1 rings (SSSR count). The van der Waals surface area contributed by atoms with Crippen LogP contribution in [0.4, 0.5) is 0 Å². The highest BCUT2D eigenvalue weighted by molar-refractivity contribution is 7.89. The standard InChI is InChI=1S/C16H26N2O5S/c1-4-13(2)18-24(20,21)15-8-6-14(7-9-15)23-12-16(19)17-10-5-11-22-3/h6-9,13,18H,4-5,10-12H2,1-3H3,(H,17,19)/t13-/m0/s1. The highest BCUT2D eigenvalue weighted by Gasteiger charge is 2.16. The zero-order chi connectivity index (χ0) is 18.0. The van der Waals surface area contributed by atoms with Gasteiger partial charge in [0, 0.05) is 26.3 Å². The third-order valence-corrected chi connectivity index (χ3v) is 4.93. The minimum absolute atomic E-state index is 0.121. The molecule has 0 saturated heterocycles. The molecule has 0 fully saturated rings. The lowest BCUT2D eigenvalue weighted by molar-refractivity contribution is -0.123. The van der Waals surface area contributed by atoms with Crippen LogP contribution in [0, 0.1) is 0 Å². The van der Waals surface area contributed by atoms with Gasteiger partial charge >= 0.3 is 0 Å². The van der Waals surface area contributed by atoms with Crippen molar-refractivity contribution in [1.82, 2.24) is 10.0 Å². The lowest BCUT2D eigenvalue weighted by Crippen LogP contribution is -2.32. The minimum Gasteiger partial charge on any atom is -0.484 e. The summed E-state index contributed by atoms with van der Waals surface area (Å²) in [4.78, 5) is 11.7. The molecule has 0 bridgehead atoms. The Morgan fingerprint density at radius 2 is 1.92 bits per heavy atom. The van der Waals surface area contributed by atoms with Gasteiger partial charge in [0.05, 0.1) is 4.90 Å². The number of methoxy groups -OCH3 is 1. The molecule has 0 aromatic heterocycles. The molecule has 1 aromatic carbocycles. The van der Waals surface area contributed by atoms with Gasteiger partial charge in [-0.25, -0.2) is 13.1 Å². The summed E-state index contributed by atoms with van der Waals surface area (Å²) in [5.74, 6) is 0.200. The van der Waals surface area contributed by atoms with E-state index in [1.807, 2.05) is 6.92 Å². The van der Waals surface area contributed by atoms with Crippen LogP contribution in [0.25, 0.3) is 0 Å². The van der Waals surface area contributed by atoms with Crippen LogP contribution in [0.1, 0.15) is 26.7 Å². The third-order valence-electron chi connectivity index (χ3n) is 3.32. The number of rotatable bonds is 11. The molecule has 136 valence electrons. The van der Waals surface area contributed by atoms with Gasteiger partial charge in [-0.2, -0.15) is 0 Å². The summed E-state index contributed by atoms with van der Waals surface area (Å²) < 4.78 is 37.1. The van der Waals surface area contributed by atoms with Crippen molar-refractivity contribution in [3.63, 3.8) is 0 Å². The monoisotopic (exact) mass is 358 g/mol. The average Bonchev–Trinajstić information content (AvgIpc) is 2.56. The molecule has 0 heterocycles. The molecular formula is C16H26N2O5S. The fourth-order valence-corrected chi connectivity index (χ4v) is 3.10. The molecule has 0 spiro atoms. The highest BCUT2D eigenvalue weighted by Crippen LogP contribution is 2.16. The Kier molecular flexibility index (Phi) is 8.73. The summed E-state index contributed by atoms with van der Waals surface area (Å²) in [7, 11) is -1.93. The molecule has 1 aromatic rings. The van der Waals surface area contributed by atoms with Crippen molar-refractivity contribution in [2.75, 3.05) is 26.9 Å². The number of carbonyl (C=O) groups excluding carboxylic acids is 1. The summed E-state index contributed by atoms with van der Waals surface area (Å²) in [6.45, 7) is 4.70. The molecule has 24 heavy (non-hydrogen) atoms. The lowest BCUT2D eigenvalue weighted by atomic mass is 10.3. The second-order valence-electron chi connectivity index (χ2n) is 5.39. The summed E-state index contributed by atoms with van der Waals surface area (Å²) >= 11 is 0. The SMILES string of the molecule is CC[C@H](C)NS(=O)(=O)c1ccc(OCC(=O)NCCCOC)cc1. The summed E-state index contributed by atoms with van der Waals surface area (Å²) in [5, 5.41) is 2.70. The van der Waals surface area contributed by atoms with Gasteiger partial charge in [-0.05, 0) is 44.0 Å². The van der Waals surface area contributed by atoms with E-state index in [9.17, 15) is 13.2 Å². The Bertz CT molecular complexity index is 601. The van der Waals surface area contributed by atoms with Crippen LogP contribution in [0.2, 0.25) is 0 Å². The topological polar surface area (TPSA) is 93.7 Å². The maximum absolute atomic E-state index is 12.1. The van der Waals surface area contributed by atoms with Crippen LogP contribution in [-0.2, 0) is 19.6 Å². The number of nitrogens with one attached hydrogen (secondary N) is 2. The lowest BCUT2D eigenvalue weighted by Gasteiger charge is -2.12. The largest absolute Gasteiger partial charge is 0.484 e.